The maximum atomic E-state index is 12.8. The van der Waals surface area contributed by atoms with E-state index >= 15 is 0 Å². The van der Waals surface area contributed by atoms with Gasteiger partial charge in [-0.25, -0.2) is 4.79 Å². The molecule has 27 heavy (non-hydrogen) atoms. The molecule has 1 aliphatic heterocycles. The molecule has 1 aliphatic rings. The van der Waals surface area contributed by atoms with Crippen LogP contribution in [-0.4, -0.2) is 67.9 Å². The number of nitrogens with zero attached hydrogens (tertiary/aromatic N) is 2. The van der Waals surface area contributed by atoms with Gasteiger partial charge in [0.25, 0.3) is 5.91 Å². The third kappa shape index (κ3) is 6.41. The molecule has 9 heteroatoms. The van der Waals surface area contributed by atoms with E-state index < -0.39 is 0 Å². The SMILES string of the molecule is CN(C)C(=O)Nc1cccc(C(=O)N2CCCC(C(=O)NCCN)C2)c1.Cl. The maximum absolute atomic E-state index is 12.8. The summed E-state index contributed by atoms with van der Waals surface area (Å²) in [6.45, 7) is 1.85. The molecule has 1 aromatic rings. The number of benzene rings is 1. The Labute approximate surface area is 165 Å². The molecular weight excluding hydrogens is 370 g/mol. The number of amides is 4. The van der Waals surface area contributed by atoms with E-state index in [9.17, 15) is 14.4 Å². The summed E-state index contributed by atoms with van der Waals surface area (Å²) in [4.78, 5) is 39.8. The van der Waals surface area contributed by atoms with Crippen LogP contribution in [0.2, 0.25) is 0 Å². The molecule has 0 spiro atoms. The maximum Gasteiger partial charge on any atom is 0.321 e. The first-order valence-electron chi connectivity index (χ1n) is 8.77. The number of likely N-dealkylation sites (tertiary alicyclic amines) is 1. The lowest BCUT2D eigenvalue weighted by molar-refractivity contribution is -0.126. The zero-order valence-electron chi connectivity index (χ0n) is 15.7. The fourth-order valence-corrected chi connectivity index (χ4v) is 2.86. The predicted octanol–water partition coefficient (Wildman–Crippen LogP) is 1.13. The van der Waals surface area contributed by atoms with Crippen molar-refractivity contribution >= 4 is 35.9 Å². The van der Waals surface area contributed by atoms with Gasteiger partial charge in [0, 0.05) is 51.5 Å². The van der Waals surface area contributed by atoms with Crippen LogP contribution in [0.15, 0.2) is 24.3 Å². The highest BCUT2D eigenvalue weighted by molar-refractivity contribution is 5.97. The fraction of sp³-hybridized carbons (Fsp3) is 0.500. The summed E-state index contributed by atoms with van der Waals surface area (Å²) < 4.78 is 0. The second-order valence-corrected chi connectivity index (χ2v) is 6.58. The minimum Gasteiger partial charge on any atom is -0.355 e. The fourth-order valence-electron chi connectivity index (χ4n) is 2.86. The Kier molecular flexibility index (Phi) is 9.04. The van der Waals surface area contributed by atoms with Crippen molar-refractivity contribution < 1.29 is 14.4 Å². The van der Waals surface area contributed by atoms with Crippen LogP contribution in [0, 0.1) is 5.92 Å². The smallest absolute Gasteiger partial charge is 0.321 e. The number of nitrogens with one attached hydrogen (secondary N) is 2. The van der Waals surface area contributed by atoms with Crippen molar-refractivity contribution in [1.82, 2.24) is 15.1 Å². The molecular formula is C18H28ClN5O3. The Bertz CT molecular complexity index is 668. The molecule has 0 aliphatic carbocycles. The van der Waals surface area contributed by atoms with E-state index in [0.717, 1.165) is 12.8 Å². The topological polar surface area (TPSA) is 108 Å². The molecule has 0 saturated carbocycles. The molecule has 8 nitrogen and oxygen atoms in total. The number of hydrogen-bond acceptors (Lipinski definition) is 4. The lowest BCUT2D eigenvalue weighted by Crippen LogP contribution is -2.46. The van der Waals surface area contributed by atoms with E-state index in [-0.39, 0.29) is 36.2 Å². The Balaban J connectivity index is 0.00000364. The van der Waals surface area contributed by atoms with E-state index in [4.69, 9.17) is 5.73 Å². The van der Waals surface area contributed by atoms with Gasteiger partial charge in [-0.15, -0.1) is 12.4 Å². The molecule has 1 atom stereocenters. The molecule has 4 N–H and O–H groups in total. The van der Waals surface area contributed by atoms with Gasteiger partial charge in [-0.05, 0) is 31.0 Å². The first-order chi connectivity index (χ1) is 12.4. The molecule has 150 valence electrons. The molecule has 0 bridgehead atoms. The lowest BCUT2D eigenvalue weighted by atomic mass is 9.96. The number of carbonyl (C=O) groups is 3. The van der Waals surface area contributed by atoms with Crippen molar-refractivity contribution in [2.24, 2.45) is 11.7 Å². The van der Waals surface area contributed by atoms with Crippen LogP contribution in [0.5, 0.6) is 0 Å². The minimum atomic E-state index is -0.260. The zero-order chi connectivity index (χ0) is 19.1. The quantitative estimate of drug-likeness (QED) is 0.692. The zero-order valence-corrected chi connectivity index (χ0v) is 16.6. The third-order valence-electron chi connectivity index (χ3n) is 4.29. The number of carbonyl (C=O) groups excluding carboxylic acids is 3. The number of piperidine rings is 1. The summed E-state index contributed by atoms with van der Waals surface area (Å²) in [7, 11) is 3.29. The first-order valence-corrected chi connectivity index (χ1v) is 8.77. The Morgan fingerprint density at radius 3 is 2.70 bits per heavy atom. The summed E-state index contributed by atoms with van der Waals surface area (Å²) in [5, 5.41) is 5.52. The average molecular weight is 398 g/mol. The number of halogens is 1. The number of hydrogen-bond donors (Lipinski definition) is 3. The van der Waals surface area contributed by atoms with Gasteiger partial charge in [0.1, 0.15) is 0 Å². The molecule has 1 saturated heterocycles. The van der Waals surface area contributed by atoms with Crippen LogP contribution in [0.1, 0.15) is 23.2 Å². The molecule has 1 aromatic carbocycles. The van der Waals surface area contributed by atoms with E-state index in [0.29, 0.717) is 37.4 Å². The monoisotopic (exact) mass is 397 g/mol. The summed E-state index contributed by atoms with van der Waals surface area (Å²) in [5.74, 6) is -0.405. The van der Waals surface area contributed by atoms with Crippen LogP contribution < -0.4 is 16.4 Å². The number of urea groups is 1. The van der Waals surface area contributed by atoms with Crippen LogP contribution in [-0.2, 0) is 4.79 Å². The minimum absolute atomic E-state index is 0. The molecule has 4 amide bonds. The van der Waals surface area contributed by atoms with Gasteiger partial charge < -0.3 is 26.2 Å². The highest BCUT2D eigenvalue weighted by Crippen LogP contribution is 2.20. The van der Waals surface area contributed by atoms with Gasteiger partial charge in [-0.1, -0.05) is 6.07 Å². The molecule has 0 radical (unpaired) electrons. The van der Waals surface area contributed by atoms with Crippen molar-refractivity contribution in [1.29, 1.82) is 0 Å². The van der Waals surface area contributed by atoms with Crippen molar-refractivity contribution in [2.75, 3.05) is 45.6 Å². The standard InChI is InChI=1S/C18H27N5O3.ClH/c1-22(2)18(26)21-15-7-3-5-13(11-15)17(25)23-10-4-6-14(12-23)16(24)20-9-8-19;/h3,5,7,11,14H,4,6,8-10,12,19H2,1-2H3,(H,20,24)(H,21,26);1H. The molecule has 2 rings (SSSR count). The predicted molar refractivity (Wildman–Crippen MR) is 107 cm³/mol. The molecule has 1 heterocycles. The van der Waals surface area contributed by atoms with Crippen LogP contribution in [0.25, 0.3) is 0 Å². The molecule has 1 fully saturated rings. The van der Waals surface area contributed by atoms with Gasteiger partial charge in [0.15, 0.2) is 0 Å². The Hall–Kier alpha value is -2.32. The Morgan fingerprint density at radius 1 is 1.30 bits per heavy atom. The van der Waals surface area contributed by atoms with Crippen molar-refractivity contribution in [3.8, 4) is 0 Å². The average Bonchev–Trinajstić information content (AvgIpc) is 2.65. The second-order valence-electron chi connectivity index (χ2n) is 6.58. The van der Waals surface area contributed by atoms with Crippen molar-refractivity contribution in [3.05, 3.63) is 29.8 Å². The van der Waals surface area contributed by atoms with E-state index in [2.05, 4.69) is 10.6 Å². The number of anilines is 1. The molecule has 1 unspecified atom stereocenters. The van der Waals surface area contributed by atoms with Gasteiger partial charge in [-0.3, -0.25) is 9.59 Å². The summed E-state index contributed by atoms with van der Waals surface area (Å²) in [6.07, 6.45) is 1.54. The second kappa shape index (κ2) is 10.7. The summed E-state index contributed by atoms with van der Waals surface area (Å²) in [6, 6.07) is 6.57. The first kappa shape index (κ1) is 22.7. The largest absolute Gasteiger partial charge is 0.355 e. The van der Waals surface area contributed by atoms with Crippen LogP contribution in [0.3, 0.4) is 0 Å². The number of nitrogens with two attached hydrogens (primary N) is 1. The van der Waals surface area contributed by atoms with E-state index in [1.165, 1.54) is 4.90 Å². The van der Waals surface area contributed by atoms with E-state index in [1.54, 1.807) is 43.3 Å². The van der Waals surface area contributed by atoms with Gasteiger partial charge in [-0.2, -0.15) is 0 Å². The Morgan fingerprint density at radius 2 is 2.04 bits per heavy atom. The third-order valence-corrected chi connectivity index (χ3v) is 4.29. The van der Waals surface area contributed by atoms with Crippen molar-refractivity contribution in [2.45, 2.75) is 12.8 Å². The summed E-state index contributed by atoms with van der Waals surface area (Å²) in [5.41, 5.74) is 6.46. The van der Waals surface area contributed by atoms with Gasteiger partial charge in [0.2, 0.25) is 5.91 Å². The molecule has 0 aromatic heterocycles. The number of rotatable bonds is 5. The normalized spacial score (nSPS) is 16.1. The van der Waals surface area contributed by atoms with E-state index in [1.807, 2.05) is 0 Å². The van der Waals surface area contributed by atoms with Gasteiger partial charge in [0.05, 0.1) is 5.92 Å². The lowest BCUT2D eigenvalue weighted by Gasteiger charge is -2.32. The highest BCUT2D eigenvalue weighted by Gasteiger charge is 2.28. The van der Waals surface area contributed by atoms with Gasteiger partial charge >= 0.3 is 6.03 Å². The summed E-state index contributed by atoms with van der Waals surface area (Å²) >= 11 is 0. The van der Waals surface area contributed by atoms with Crippen LogP contribution >= 0.6 is 12.4 Å². The highest BCUT2D eigenvalue weighted by atomic mass is 35.5. The van der Waals surface area contributed by atoms with Crippen molar-refractivity contribution in [3.63, 3.8) is 0 Å². The van der Waals surface area contributed by atoms with Crippen LogP contribution in [0.4, 0.5) is 10.5 Å².